The molecule has 50 valence electrons. The summed E-state index contributed by atoms with van der Waals surface area (Å²) in [5, 5.41) is 1.47. The first-order chi connectivity index (χ1) is 4.88. The predicted octanol–water partition coefficient (Wildman–Crippen LogP) is 2.18. The molecule has 0 saturated heterocycles. The monoisotopic (exact) mass is 150 g/mol. The second kappa shape index (κ2) is 2.10. The van der Waals surface area contributed by atoms with Crippen LogP contribution in [0.2, 0.25) is 0 Å². The van der Waals surface area contributed by atoms with Crippen molar-refractivity contribution in [3.8, 4) is 0 Å². The quantitative estimate of drug-likeness (QED) is 0.546. The van der Waals surface area contributed by atoms with Crippen molar-refractivity contribution >= 4 is 18.2 Å². The van der Waals surface area contributed by atoms with Crippen LogP contribution >= 0.6 is 7.53 Å². The molecule has 1 unspecified atom stereocenters. The Kier molecular flexibility index (Phi) is 1.25. The second-order valence-electron chi connectivity index (χ2n) is 2.40. The number of para-hydroxylation sites is 1. The Hall–Kier alpha value is -0.810. The number of aromatic nitrogens is 1. The molecule has 0 saturated carbocycles. The van der Waals surface area contributed by atoms with Crippen LogP contribution in [0.5, 0.6) is 0 Å². The van der Waals surface area contributed by atoms with Crippen molar-refractivity contribution in [3.05, 3.63) is 30.2 Å². The van der Waals surface area contributed by atoms with Gasteiger partial charge in [0.05, 0.1) is 5.12 Å². The molecular formula is C8H9NP+. The zero-order valence-corrected chi connectivity index (χ0v) is 6.73. The number of rotatable bonds is 0. The van der Waals surface area contributed by atoms with Gasteiger partial charge in [0.25, 0.3) is 0 Å². The third-order valence-corrected chi connectivity index (χ3v) is 3.36. The Balaban J connectivity index is 2.93. The van der Waals surface area contributed by atoms with Gasteiger partial charge in [-0.15, -0.1) is 0 Å². The predicted molar refractivity (Wildman–Crippen MR) is 44.2 cm³/mol. The second-order valence-corrected chi connectivity index (χ2v) is 4.36. The van der Waals surface area contributed by atoms with Crippen molar-refractivity contribution in [2.75, 3.05) is 0 Å². The van der Waals surface area contributed by atoms with Gasteiger partial charge in [-0.3, -0.25) is 0 Å². The van der Waals surface area contributed by atoms with E-state index in [4.69, 9.17) is 0 Å². The Morgan fingerprint density at radius 2 is 2.10 bits per heavy atom. The Bertz CT molecular complexity index is 351. The van der Waals surface area contributed by atoms with Crippen LogP contribution in [0.25, 0.3) is 10.6 Å². The third kappa shape index (κ3) is 0.748. The summed E-state index contributed by atoms with van der Waals surface area (Å²) in [4.78, 5) is 3.25. The van der Waals surface area contributed by atoms with Gasteiger partial charge in [-0.2, -0.15) is 0 Å². The molecule has 0 aliphatic rings. The molecule has 2 rings (SSSR count). The molecule has 1 atom stereocenters. The van der Waals surface area contributed by atoms with Gasteiger partial charge in [-0.05, 0) is 20.3 Å². The van der Waals surface area contributed by atoms with E-state index in [1.165, 1.54) is 10.6 Å². The summed E-state index contributed by atoms with van der Waals surface area (Å²) in [6, 6.07) is 8.47. The fourth-order valence-corrected chi connectivity index (χ4v) is 2.45. The number of H-pyrrole nitrogens is 1. The first kappa shape index (κ1) is 5.94. The molecule has 1 heterocycles. The lowest BCUT2D eigenvalue weighted by atomic mass is 10.3. The van der Waals surface area contributed by atoms with Crippen LogP contribution in [0.4, 0.5) is 0 Å². The topological polar surface area (TPSA) is 14.1 Å². The highest BCUT2D eigenvalue weighted by Gasteiger charge is 2.02. The molecule has 1 nitrogen and oxygen atoms in total. The maximum atomic E-state index is 3.25. The SMILES string of the molecule is Cp1c[nH+]c2ccccc21. The molecule has 2 aromatic rings. The molecule has 0 bridgehead atoms. The molecule has 1 aromatic heterocycles. The molecule has 1 aromatic carbocycles. The van der Waals surface area contributed by atoms with E-state index in [0.29, 0.717) is 0 Å². The molecule has 0 fully saturated rings. The fourth-order valence-electron chi connectivity index (χ4n) is 1.14. The molecule has 0 radical (unpaired) electrons. The summed E-state index contributed by atoms with van der Waals surface area (Å²) in [7, 11) is -0.0170. The van der Waals surface area contributed by atoms with Crippen LogP contribution in [0.15, 0.2) is 30.2 Å². The van der Waals surface area contributed by atoms with Crippen molar-refractivity contribution in [1.82, 2.24) is 0 Å². The van der Waals surface area contributed by atoms with Crippen molar-refractivity contribution < 1.29 is 4.98 Å². The van der Waals surface area contributed by atoms with Gasteiger partial charge in [0.15, 0.2) is 5.93 Å². The zero-order valence-electron chi connectivity index (χ0n) is 5.83. The number of fused-ring (bicyclic) bond motifs is 1. The van der Waals surface area contributed by atoms with Crippen molar-refractivity contribution in [2.24, 2.45) is 6.66 Å². The lowest BCUT2D eigenvalue weighted by Gasteiger charge is -1.81. The number of hydrogen-bond acceptors (Lipinski definition) is 0. The minimum atomic E-state index is -0.0170. The molecular weight excluding hydrogens is 141 g/mol. The van der Waals surface area contributed by atoms with Crippen LogP contribution in [0.1, 0.15) is 0 Å². The van der Waals surface area contributed by atoms with E-state index in [1.807, 2.05) is 0 Å². The van der Waals surface area contributed by atoms with Gasteiger partial charge in [0.2, 0.25) is 5.52 Å². The molecule has 0 aliphatic heterocycles. The minimum absolute atomic E-state index is 0.0170. The molecule has 0 amide bonds. The average Bonchev–Trinajstić information content (AvgIpc) is 2.34. The molecule has 2 heteroatoms. The first-order valence-corrected chi connectivity index (χ1v) is 5.15. The highest BCUT2D eigenvalue weighted by atomic mass is 31.1. The van der Waals surface area contributed by atoms with E-state index in [9.17, 15) is 0 Å². The van der Waals surface area contributed by atoms with E-state index in [-0.39, 0.29) is 7.53 Å². The molecule has 1 N–H and O–H groups in total. The van der Waals surface area contributed by atoms with Crippen LogP contribution in [-0.4, -0.2) is 0 Å². The summed E-state index contributed by atoms with van der Waals surface area (Å²) < 4.78 is 0. The van der Waals surface area contributed by atoms with Crippen LogP contribution < -0.4 is 4.98 Å². The minimum Gasteiger partial charge on any atom is -0.207 e. The number of aryl methyl sites for hydroxylation is 1. The van der Waals surface area contributed by atoms with Gasteiger partial charge < -0.3 is 0 Å². The third-order valence-electron chi connectivity index (χ3n) is 1.70. The largest absolute Gasteiger partial charge is 0.215 e. The number of benzene rings is 1. The first-order valence-electron chi connectivity index (χ1n) is 3.30. The van der Waals surface area contributed by atoms with Crippen molar-refractivity contribution in [2.45, 2.75) is 0 Å². The smallest absolute Gasteiger partial charge is 0.207 e. The summed E-state index contributed by atoms with van der Waals surface area (Å²) in [5.41, 5.74) is 1.29. The summed E-state index contributed by atoms with van der Waals surface area (Å²) in [5.74, 6) is 2.18. The Morgan fingerprint density at radius 1 is 1.30 bits per heavy atom. The van der Waals surface area contributed by atoms with Crippen LogP contribution in [0, 0.1) is 0 Å². The van der Waals surface area contributed by atoms with Gasteiger partial charge in [-0.25, -0.2) is 4.98 Å². The van der Waals surface area contributed by atoms with Crippen molar-refractivity contribution in [1.29, 1.82) is 0 Å². The highest BCUT2D eigenvalue weighted by molar-refractivity contribution is 7.52. The van der Waals surface area contributed by atoms with Gasteiger partial charge in [-0.1, -0.05) is 12.1 Å². The van der Waals surface area contributed by atoms with Crippen LogP contribution in [0.3, 0.4) is 0 Å². The maximum Gasteiger partial charge on any atom is 0.215 e. The van der Waals surface area contributed by atoms with E-state index >= 15 is 0 Å². The summed E-state index contributed by atoms with van der Waals surface area (Å²) >= 11 is 0. The van der Waals surface area contributed by atoms with Gasteiger partial charge >= 0.3 is 0 Å². The van der Waals surface area contributed by atoms with Gasteiger partial charge in [0, 0.05) is 6.07 Å². The van der Waals surface area contributed by atoms with E-state index in [1.54, 1.807) is 0 Å². The molecule has 10 heavy (non-hydrogen) atoms. The summed E-state index contributed by atoms with van der Waals surface area (Å²) in [6.07, 6.45) is 0. The molecule has 0 spiro atoms. The van der Waals surface area contributed by atoms with E-state index in [0.717, 1.165) is 0 Å². The number of hydrogen-bond donors (Lipinski definition) is 0. The lowest BCUT2D eigenvalue weighted by Crippen LogP contribution is -1.92. The standard InChI is InChI=1S/C8H8NP/c1-10-6-9-7-4-2-3-5-8(7)10/h2-6H,1H3/p+1. The average molecular weight is 150 g/mol. The summed E-state index contributed by atoms with van der Waals surface area (Å²) in [6.45, 7) is 2.26. The zero-order chi connectivity index (χ0) is 6.97. The molecule has 0 aliphatic carbocycles. The van der Waals surface area contributed by atoms with E-state index < -0.39 is 0 Å². The number of aromatic amines is 1. The number of nitrogens with one attached hydrogen (secondary N) is 1. The van der Waals surface area contributed by atoms with Crippen molar-refractivity contribution in [3.63, 3.8) is 0 Å². The van der Waals surface area contributed by atoms with E-state index in [2.05, 4.69) is 41.8 Å². The normalized spacial score (nSPS) is 12.3. The Morgan fingerprint density at radius 3 is 2.90 bits per heavy atom. The van der Waals surface area contributed by atoms with Crippen LogP contribution in [-0.2, 0) is 6.66 Å². The maximum absolute atomic E-state index is 3.25. The highest BCUT2D eigenvalue weighted by Crippen LogP contribution is 2.30. The fraction of sp³-hybridized carbons (Fsp3) is 0.125. The lowest BCUT2D eigenvalue weighted by molar-refractivity contribution is -0.338. The van der Waals surface area contributed by atoms with Gasteiger partial charge in [0.1, 0.15) is 0 Å². The Labute approximate surface area is 60.8 Å².